The van der Waals surface area contributed by atoms with Crippen molar-refractivity contribution in [3.63, 3.8) is 0 Å². The fourth-order valence-electron chi connectivity index (χ4n) is 3.72. The van der Waals surface area contributed by atoms with Crippen LogP contribution in [0.3, 0.4) is 0 Å². The van der Waals surface area contributed by atoms with Crippen LogP contribution in [0.15, 0.2) is 48.5 Å². The van der Waals surface area contributed by atoms with Crippen molar-refractivity contribution in [3.8, 4) is 11.5 Å². The van der Waals surface area contributed by atoms with E-state index in [0.717, 1.165) is 49.5 Å². The van der Waals surface area contributed by atoms with Crippen molar-refractivity contribution in [2.24, 2.45) is 11.5 Å². The van der Waals surface area contributed by atoms with E-state index in [0.29, 0.717) is 33.0 Å². The molecule has 2 aromatic carbocycles. The quantitative estimate of drug-likeness (QED) is 0.118. The summed E-state index contributed by atoms with van der Waals surface area (Å²) in [5, 5.41) is 7.40. The Morgan fingerprint density at radius 1 is 0.583 bits per heavy atom. The van der Waals surface area contributed by atoms with Crippen LogP contribution in [0.25, 0.3) is 0 Å². The molecule has 0 aliphatic carbocycles. The van der Waals surface area contributed by atoms with E-state index in [4.69, 9.17) is 35.8 Å². The molecule has 7 nitrogen and oxygen atoms in total. The third-order valence-electron chi connectivity index (χ3n) is 5.83. The molecule has 0 bridgehead atoms. The minimum atomic E-state index is 0.0823. The third kappa shape index (κ3) is 14.1. The summed E-state index contributed by atoms with van der Waals surface area (Å²) < 4.78 is 22.5. The average molecular weight is 500 g/mol. The number of hydrogen-bond donors (Lipinski definition) is 3. The lowest BCUT2D eigenvalue weighted by Crippen LogP contribution is -2.12. The zero-order chi connectivity index (χ0) is 25.7. The molecule has 5 N–H and O–H groups in total. The second-order valence-corrected chi connectivity index (χ2v) is 8.87. The van der Waals surface area contributed by atoms with E-state index in [2.05, 4.69) is 12.1 Å². The van der Waals surface area contributed by atoms with Crippen LogP contribution >= 0.6 is 0 Å². The van der Waals surface area contributed by atoms with Crippen LogP contribution in [0.2, 0.25) is 0 Å². The number of ether oxygens (including phenoxy) is 4. The van der Waals surface area contributed by atoms with Gasteiger partial charge >= 0.3 is 0 Å². The highest BCUT2D eigenvalue weighted by atomic mass is 16.5. The number of hydrogen-bond acceptors (Lipinski definition) is 6. The summed E-state index contributed by atoms with van der Waals surface area (Å²) in [5.41, 5.74) is 12.8. The second-order valence-electron chi connectivity index (χ2n) is 8.87. The van der Waals surface area contributed by atoms with Crippen LogP contribution in [0, 0.1) is 5.41 Å². The summed E-state index contributed by atoms with van der Waals surface area (Å²) >= 11 is 0. The molecule has 36 heavy (non-hydrogen) atoms. The molecule has 0 saturated carbocycles. The van der Waals surface area contributed by atoms with Crippen molar-refractivity contribution < 1.29 is 18.9 Å². The topological polar surface area (TPSA) is 113 Å². The Hall–Kier alpha value is -2.61. The van der Waals surface area contributed by atoms with Crippen LogP contribution < -0.4 is 20.9 Å². The van der Waals surface area contributed by atoms with Crippen molar-refractivity contribution in [2.75, 3.05) is 46.2 Å². The van der Waals surface area contributed by atoms with Gasteiger partial charge in [-0.3, -0.25) is 5.41 Å². The van der Waals surface area contributed by atoms with Crippen LogP contribution in [-0.2, 0) is 15.9 Å². The van der Waals surface area contributed by atoms with Crippen molar-refractivity contribution in [3.05, 3.63) is 59.7 Å². The van der Waals surface area contributed by atoms with Gasteiger partial charge < -0.3 is 30.4 Å². The molecule has 0 heterocycles. The predicted molar refractivity (Wildman–Crippen MR) is 146 cm³/mol. The van der Waals surface area contributed by atoms with Gasteiger partial charge in [-0.25, -0.2) is 0 Å². The van der Waals surface area contributed by atoms with Gasteiger partial charge in [0.25, 0.3) is 0 Å². The number of benzene rings is 2. The van der Waals surface area contributed by atoms with E-state index in [1.807, 2.05) is 36.4 Å². The minimum Gasteiger partial charge on any atom is -0.494 e. The van der Waals surface area contributed by atoms with Gasteiger partial charge in [-0.2, -0.15) is 0 Å². The lowest BCUT2D eigenvalue weighted by Gasteiger charge is -2.08. The minimum absolute atomic E-state index is 0.0823. The molecule has 200 valence electrons. The smallest absolute Gasteiger partial charge is 0.122 e. The van der Waals surface area contributed by atoms with Gasteiger partial charge in [-0.1, -0.05) is 50.7 Å². The first-order chi connectivity index (χ1) is 17.7. The fraction of sp³-hybridized carbons (Fsp3) is 0.552. The maximum atomic E-state index is 7.40. The second kappa shape index (κ2) is 19.6. The largest absolute Gasteiger partial charge is 0.494 e. The van der Waals surface area contributed by atoms with E-state index in [1.54, 1.807) is 0 Å². The number of amidine groups is 1. The molecule has 0 radical (unpaired) electrons. The van der Waals surface area contributed by atoms with Gasteiger partial charge in [0.15, 0.2) is 0 Å². The Bertz CT molecular complexity index is 812. The summed E-state index contributed by atoms with van der Waals surface area (Å²) in [6, 6.07) is 15.7. The Morgan fingerprint density at radius 3 is 1.56 bits per heavy atom. The molecule has 0 saturated heterocycles. The lowest BCUT2D eigenvalue weighted by molar-refractivity contribution is 0.0519. The first-order valence-electron chi connectivity index (χ1n) is 13.3. The van der Waals surface area contributed by atoms with Crippen molar-refractivity contribution in [1.82, 2.24) is 0 Å². The molecule has 0 fully saturated rings. The zero-order valence-corrected chi connectivity index (χ0v) is 21.7. The first-order valence-corrected chi connectivity index (χ1v) is 13.3. The predicted octanol–water partition coefficient (Wildman–Crippen LogP) is 5.08. The monoisotopic (exact) mass is 499 g/mol. The van der Waals surface area contributed by atoms with E-state index >= 15 is 0 Å². The molecule has 7 heteroatoms. The van der Waals surface area contributed by atoms with Crippen LogP contribution in [0.4, 0.5) is 0 Å². The molecular formula is C29H45N3O4. The Balaban J connectivity index is 1.36. The van der Waals surface area contributed by atoms with Gasteiger partial charge in [0.1, 0.15) is 17.3 Å². The number of nitrogen functional groups attached to an aromatic ring is 1. The highest BCUT2D eigenvalue weighted by molar-refractivity contribution is 5.94. The molecule has 2 aromatic rings. The van der Waals surface area contributed by atoms with Crippen molar-refractivity contribution in [2.45, 2.75) is 57.8 Å². The van der Waals surface area contributed by atoms with Crippen LogP contribution in [0.5, 0.6) is 11.5 Å². The summed E-state index contributed by atoms with van der Waals surface area (Å²) in [4.78, 5) is 0. The Kier molecular flexibility index (Phi) is 16.1. The maximum Gasteiger partial charge on any atom is 0.122 e. The molecular weight excluding hydrogens is 454 g/mol. The van der Waals surface area contributed by atoms with Gasteiger partial charge in [0.05, 0.1) is 39.6 Å². The maximum absolute atomic E-state index is 7.40. The van der Waals surface area contributed by atoms with Crippen molar-refractivity contribution >= 4 is 5.84 Å². The van der Waals surface area contributed by atoms with Gasteiger partial charge in [-0.15, -0.1) is 0 Å². The number of rotatable bonds is 22. The lowest BCUT2D eigenvalue weighted by atomic mass is 10.1. The van der Waals surface area contributed by atoms with Crippen LogP contribution in [0.1, 0.15) is 62.5 Å². The SMILES string of the molecule is N=C(N)c1ccc(OCCCCCCCCCCOc2ccc(CCOCCOCCN)cc2)cc1. The number of nitrogens with one attached hydrogen (secondary N) is 1. The highest BCUT2D eigenvalue weighted by Gasteiger charge is 2.00. The summed E-state index contributed by atoms with van der Waals surface area (Å²) in [5.74, 6) is 1.86. The highest BCUT2D eigenvalue weighted by Crippen LogP contribution is 2.15. The summed E-state index contributed by atoms with van der Waals surface area (Å²) in [6.45, 7) is 4.54. The van der Waals surface area contributed by atoms with Gasteiger partial charge in [0, 0.05) is 12.1 Å². The number of nitrogens with two attached hydrogens (primary N) is 2. The Morgan fingerprint density at radius 2 is 1.06 bits per heavy atom. The first kappa shape index (κ1) is 29.6. The van der Waals surface area contributed by atoms with Crippen molar-refractivity contribution in [1.29, 1.82) is 5.41 Å². The molecule has 0 atom stereocenters. The Labute approximate surface area is 217 Å². The third-order valence-corrected chi connectivity index (χ3v) is 5.83. The molecule has 2 rings (SSSR count). The van der Waals surface area contributed by atoms with Crippen LogP contribution in [-0.4, -0.2) is 52.0 Å². The average Bonchev–Trinajstić information content (AvgIpc) is 2.90. The number of unbranched alkanes of at least 4 members (excludes halogenated alkanes) is 7. The summed E-state index contributed by atoms with van der Waals surface area (Å²) in [7, 11) is 0. The zero-order valence-electron chi connectivity index (χ0n) is 21.7. The van der Waals surface area contributed by atoms with E-state index in [9.17, 15) is 0 Å². The van der Waals surface area contributed by atoms with E-state index in [1.165, 1.54) is 44.1 Å². The summed E-state index contributed by atoms with van der Waals surface area (Å²) in [6.07, 6.45) is 10.5. The van der Waals surface area contributed by atoms with E-state index in [-0.39, 0.29) is 5.84 Å². The normalized spacial score (nSPS) is 10.9. The standard InChI is InChI=1S/C29H45N3O4/c30-18-22-34-24-23-33-21-17-25-9-13-27(14-10-25)35-19-7-5-3-1-2-4-6-8-20-36-28-15-11-26(12-16-28)29(31)32/h9-16H,1-8,17-24,30H2,(H3,31,32). The fourth-order valence-corrected chi connectivity index (χ4v) is 3.72. The molecule has 0 aliphatic rings. The van der Waals surface area contributed by atoms with Gasteiger partial charge in [-0.05, 0) is 61.2 Å². The molecule has 0 amide bonds. The molecule has 0 spiro atoms. The molecule has 0 unspecified atom stereocenters. The van der Waals surface area contributed by atoms with E-state index < -0.39 is 0 Å². The molecule has 0 aromatic heterocycles. The molecule has 0 aliphatic heterocycles. The van der Waals surface area contributed by atoms with Gasteiger partial charge in [0.2, 0.25) is 0 Å².